The maximum absolute atomic E-state index is 12.7. The van der Waals surface area contributed by atoms with Gasteiger partial charge >= 0.3 is 0 Å². The molecule has 3 aliphatic heterocycles. The molecule has 0 aromatic heterocycles. The highest BCUT2D eigenvalue weighted by Gasteiger charge is 2.55. The Morgan fingerprint density at radius 3 is 2.65 bits per heavy atom. The van der Waals surface area contributed by atoms with Crippen LogP contribution in [0.1, 0.15) is 46.5 Å². The number of hydrogen-bond donors (Lipinski definition) is 1. The molecule has 3 saturated heterocycles. The van der Waals surface area contributed by atoms with E-state index in [4.69, 9.17) is 0 Å². The fraction of sp³-hybridized carbons (Fsp3) is 0.938. The van der Waals surface area contributed by atoms with Crippen LogP contribution < -0.4 is 5.32 Å². The van der Waals surface area contributed by atoms with Gasteiger partial charge in [0.1, 0.15) is 6.04 Å². The smallest absolute Gasteiger partial charge is 0.241 e. The summed E-state index contributed by atoms with van der Waals surface area (Å²) in [6.07, 6.45) is 5.14. The van der Waals surface area contributed by atoms with Gasteiger partial charge in [-0.25, -0.2) is 0 Å². The molecule has 112 valence electrons. The number of carbonyl (C=O) groups is 1. The number of hydrogen-bond acceptors (Lipinski definition) is 3. The number of nitrogens with one attached hydrogen (secondary N) is 1. The molecule has 0 radical (unpaired) electrons. The first-order valence-corrected chi connectivity index (χ1v) is 8.33. The van der Waals surface area contributed by atoms with E-state index in [2.05, 4.69) is 35.9 Å². The second kappa shape index (κ2) is 4.20. The van der Waals surface area contributed by atoms with E-state index in [0.717, 1.165) is 19.0 Å². The Bertz CT molecular complexity index is 433. The first-order valence-electron chi connectivity index (χ1n) is 8.33. The molecule has 0 aromatic carbocycles. The van der Waals surface area contributed by atoms with E-state index < -0.39 is 0 Å². The van der Waals surface area contributed by atoms with Crippen LogP contribution in [-0.4, -0.2) is 58.5 Å². The zero-order chi connectivity index (χ0) is 14.1. The van der Waals surface area contributed by atoms with Gasteiger partial charge in [-0.15, -0.1) is 0 Å². The molecule has 0 spiro atoms. The lowest BCUT2D eigenvalue weighted by Gasteiger charge is -2.49. The lowest BCUT2D eigenvalue weighted by atomic mass is 9.95. The highest BCUT2D eigenvalue weighted by atomic mass is 16.2. The van der Waals surface area contributed by atoms with Gasteiger partial charge in [0.05, 0.1) is 0 Å². The first-order chi connectivity index (χ1) is 9.49. The summed E-state index contributed by atoms with van der Waals surface area (Å²) >= 11 is 0. The molecule has 3 heterocycles. The number of rotatable bonds is 3. The van der Waals surface area contributed by atoms with Crippen molar-refractivity contribution in [1.29, 1.82) is 0 Å². The van der Waals surface area contributed by atoms with E-state index in [-0.39, 0.29) is 11.6 Å². The van der Waals surface area contributed by atoms with Crippen LogP contribution in [0.3, 0.4) is 0 Å². The van der Waals surface area contributed by atoms with Crippen molar-refractivity contribution in [1.82, 2.24) is 15.1 Å². The minimum Gasteiger partial charge on any atom is -0.338 e. The van der Waals surface area contributed by atoms with Crippen LogP contribution in [-0.2, 0) is 4.79 Å². The van der Waals surface area contributed by atoms with Gasteiger partial charge in [-0.05, 0) is 52.4 Å². The maximum Gasteiger partial charge on any atom is 0.241 e. The lowest BCUT2D eigenvalue weighted by molar-refractivity contribution is -0.137. The molecule has 4 nitrogen and oxygen atoms in total. The summed E-state index contributed by atoms with van der Waals surface area (Å²) in [5, 5.41) is 3.42. The van der Waals surface area contributed by atoms with Crippen LogP contribution >= 0.6 is 0 Å². The van der Waals surface area contributed by atoms with Gasteiger partial charge in [-0.1, -0.05) is 0 Å². The Morgan fingerprint density at radius 2 is 2.05 bits per heavy atom. The Labute approximate surface area is 121 Å². The van der Waals surface area contributed by atoms with E-state index in [1.165, 1.54) is 25.7 Å². The van der Waals surface area contributed by atoms with Crippen LogP contribution in [0.5, 0.6) is 0 Å². The summed E-state index contributed by atoms with van der Waals surface area (Å²) in [5.74, 6) is 1.18. The SMILES string of the molecule is CC(C)N1C2CCC1(C)CN(C(=O)[C@@H]1N[C@@H]1C1CC1)C2. The molecule has 4 rings (SSSR count). The number of piperazine rings is 1. The highest BCUT2D eigenvalue weighted by Crippen LogP contribution is 2.43. The monoisotopic (exact) mass is 277 g/mol. The third-order valence-electron chi connectivity index (χ3n) is 5.88. The first kappa shape index (κ1) is 13.1. The topological polar surface area (TPSA) is 45.5 Å². The molecule has 20 heavy (non-hydrogen) atoms. The van der Waals surface area contributed by atoms with Gasteiger partial charge in [0.25, 0.3) is 0 Å². The van der Waals surface area contributed by atoms with Crippen LogP contribution in [0.25, 0.3) is 0 Å². The summed E-state index contributed by atoms with van der Waals surface area (Å²) in [6.45, 7) is 8.81. The van der Waals surface area contributed by atoms with Gasteiger partial charge in [0.2, 0.25) is 5.91 Å². The number of likely N-dealkylation sites (tertiary alicyclic amines) is 1. The third kappa shape index (κ3) is 1.92. The van der Waals surface area contributed by atoms with Crippen molar-refractivity contribution in [2.24, 2.45) is 5.92 Å². The molecular formula is C16H27N3O. The van der Waals surface area contributed by atoms with Gasteiger partial charge in [0.15, 0.2) is 0 Å². The van der Waals surface area contributed by atoms with Crippen molar-refractivity contribution in [2.75, 3.05) is 13.1 Å². The van der Waals surface area contributed by atoms with Crippen LogP contribution in [0.2, 0.25) is 0 Å². The molecule has 1 aliphatic carbocycles. The normalized spacial score (nSPS) is 44.2. The molecule has 4 fully saturated rings. The Balaban J connectivity index is 1.46. The van der Waals surface area contributed by atoms with Crippen LogP contribution in [0.4, 0.5) is 0 Å². The van der Waals surface area contributed by atoms with Crippen molar-refractivity contribution in [3.8, 4) is 0 Å². The van der Waals surface area contributed by atoms with Crippen LogP contribution in [0.15, 0.2) is 0 Å². The number of nitrogens with zero attached hydrogens (tertiary/aromatic N) is 2. The van der Waals surface area contributed by atoms with E-state index in [9.17, 15) is 4.79 Å². The molecule has 1 amide bonds. The predicted octanol–water partition coefficient (Wildman–Crippen LogP) is 1.21. The minimum absolute atomic E-state index is 0.149. The molecule has 4 heteroatoms. The Kier molecular flexibility index (Phi) is 2.75. The van der Waals surface area contributed by atoms with Gasteiger partial charge in [-0.2, -0.15) is 0 Å². The Morgan fingerprint density at radius 1 is 1.30 bits per heavy atom. The number of carbonyl (C=O) groups excluding carboxylic acids is 1. The maximum atomic E-state index is 12.7. The van der Waals surface area contributed by atoms with Crippen molar-refractivity contribution >= 4 is 5.91 Å². The van der Waals surface area contributed by atoms with Crippen molar-refractivity contribution < 1.29 is 4.79 Å². The number of amides is 1. The fourth-order valence-corrected chi connectivity index (χ4v) is 4.91. The quantitative estimate of drug-likeness (QED) is 0.789. The summed E-state index contributed by atoms with van der Waals surface area (Å²) in [5.41, 5.74) is 0.205. The van der Waals surface area contributed by atoms with E-state index in [0.29, 0.717) is 24.0 Å². The summed E-state index contributed by atoms with van der Waals surface area (Å²) in [4.78, 5) is 17.5. The van der Waals surface area contributed by atoms with Gasteiger partial charge in [0, 0.05) is 36.8 Å². The largest absolute Gasteiger partial charge is 0.338 e. The molecule has 1 N–H and O–H groups in total. The average molecular weight is 277 g/mol. The van der Waals surface area contributed by atoms with Gasteiger partial charge < -0.3 is 4.90 Å². The van der Waals surface area contributed by atoms with Crippen molar-refractivity contribution in [2.45, 2.75) is 76.2 Å². The van der Waals surface area contributed by atoms with Crippen molar-refractivity contribution in [3.05, 3.63) is 0 Å². The standard InChI is InChI=1S/C16H27N3O/c1-10(2)19-12-6-7-16(19,3)9-18(8-12)15(20)14-13(17-14)11-4-5-11/h10-14,17H,4-9H2,1-3H3/t12?,13-,14-,16?/m1/s1. The molecule has 0 aromatic rings. The molecular weight excluding hydrogens is 250 g/mol. The molecule has 2 unspecified atom stereocenters. The van der Waals surface area contributed by atoms with E-state index in [1.807, 2.05) is 0 Å². The molecule has 4 atom stereocenters. The second-order valence-electron chi connectivity index (χ2n) is 7.92. The highest BCUT2D eigenvalue weighted by molar-refractivity contribution is 5.86. The van der Waals surface area contributed by atoms with E-state index in [1.54, 1.807) is 0 Å². The minimum atomic E-state index is 0.149. The molecule has 4 aliphatic rings. The summed E-state index contributed by atoms with van der Waals surface area (Å²) < 4.78 is 0. The zero-order valence-corrected chi connectivity index (χ0v) is 12.9. The van der Waals surface area contributed by atoms with Gasteiger partial charge in [-0.3, -0.25) is 15.0 Å². The lowest BCUT2D eigenvalue weighted by Crippen LogP contribution is -2.63. The van der Waals surface area contributed by atoms with E-state index >= 15 is 0 Å². The Hall–Kier alpha value is -0.610. The van der Waals surface area contributed by atoms with Crippen molar-refractivity contribution in [3.63, 3.8) is 0 Å². The predicted molar refractivity (Wildman–Crippen MR) is 78.4 cm³/mol. The fourth-order valence-electron chi connectivity index (χ4n) is 4.91. The van der Waals surface area contributed by atoms with Crippen LogP contribution in [0, 0.1) is 5.92 Å². The second-order valence-corrected chi connectivity index (χ2v) is 7.92. The average Bonchev–Trinajstić information content (AvgIpc) is 3.24. The summed E-state index contributed by atoms with van der Waals surface area (Å²) in [7, 11) is 0. The zero-order valence-electron chi connectivity index (χ0n) is 12.9. The molecule has 2 bridgehead atoms. The summed E-state index contributed by atoms with van der Waals surface area (Å²) in [6, 6.07) is 1.83. The molecule has 1 saturated carbocycles. The third-order valence-corrected chi connectivity index (χ3v) is 5.88. The number of fused-ring (bicyclic) bond motifs is 2.